The Bertz CT molecular complexity index is 993. The van der Waals surface area contributed by atoms with Crippen LogP contribution in [0.3, 0.4) is 0 Å². The van der Waals surface area contributed by atoms with Crippen molar-refractivity contribution in [2.45, 2.75) is 33.3 Å². The lowest BCUT2D eigenvalue weighted by Crippen LogP contribution is -2.27. The normalized spacial score (nSPS) is 16.3. The molecule has 0 spiro atoms. The summed E-state index contributed by atoms with van der Waals surface area (Å²) in [5.74, 6) is 0.828. The monoisotopic (exact) mass is 509 g/mol. The van der Waals surface area contributed by atoms with Crippen LogP contribution in [-0.2, 0) is 4.79 Å². The minimum Gasteiger partial charge on any atom is -0.490 e. The maximum Gasteiger partial charge on any atom is 0.298 e. The molecule has 0 N–H and O–H groups in total. The van der Waals surface area contributed by atoms with E-state index in [4.69, 9.17) is 21.1 Å². The van der Waals surface area contributed by atoms with Gasteiger partial charge in [0.25, 0.3) is 11.1 Å². The maximum atomic E-state index is 12.9. The Hall–Kier alpha value is -1.96. The van der Waals surface area contributed by atoms with Gasteiger partial charge in [-0.3, -0.25) is 9.59 Å². The highest BCUT2D eigenvalue weighted by molar-refractivity contribution is 9.10. The van der Waals surface area contributed by atoms with E-state index in [1.165, 1.54) is 0 Å². The van der Waals surface area contributed by atoms with Crippen LogP contribution in [0.1, 0.15) is 32.8 Å². The summed E-state index contributed by atoms with van der Waals surface area (Å²) in [6, 6.07) is 10.2. The summed E-state index contributed by atoms with van der Waals surface area (Å²) in [6.45, 7) is 6.40. The third-order valence-electron chi connectivity index (χ3n) is 4.40. The highest BCUT2D eigenvalue weighted by Gasteiger charge is 2.36. The number of ether oxygens (including phenoxy) is 2. The minimum atomic E-state index is -0.374. The smallest absolute Gasteiger partial charge is 0.298 e. The summed E-state index contributed by atoms with van der Waals surface area (Å²) in [5, 5.41) is 0.184. The summed E-state index contributed by atoms with van der Waals surface area (Å²) in [5.41, 5.74) is 1.21. The van der Waals surface area contributed by atoms with Gasteiger partial charge in [0.05, 0.1) is 27.8 Å². The number of halogens is 2. The Morgan fingerprint density at radius 2 is 1.90 bits per heavy atom. The molecule has 30 heavy (non-hydrogen) atoms. The molecule has 2 amide bonds. The van der Waals surface area contributed by atoms with Gasteiger partial charge < -0.3 is 9.47 Å². The van der Waals surface area contributed by atoms with Crippen molar-refractivity contribution in [3.63, 3.8) is 0 Å². The highest BCUT2D eigenvalue weighted by Crippen LogP contribution is 2.40. The highest BCUT2D eigenvalue weighted by atomic mass is 79.9. The van der Waals surface area contributed by atoms with Gasteiger partial charge in [0.15, 0.2) is 11.5 Å². The fourth-order valence-corrected chi connectivity index (χ4v) is 4.29. The van der Waals surface area contributed by atoms with E-state index in [2.05, 4.69) is 15.9 Å². The zero-order chi connectivity index (χ0) is 21.8. The van der Waals surface area contributed by atoms with Crippen LogP contribution in [0.2, 0.25) is 5.02 Å². The first-order valence-corrected chi connectivity index (χ1v) is 11.5. The Morgan fingerprint density at radius 3 is 2.53 bits per heavy atom. The summed E-state index contributed by atoms with van der Waals surface area (Å²) >= 11 is 10.3. The van der Waals surface area contributed by atoms with E-state index < -0.39 is 0 Å². The van der Waals surface area contributed by atoms with Gasteiger partial charge in [0, 0.05) is 5.02 Å². The molecule has 0 bridgehead atoms. The number of anilines is 1. The van der Waals surface area contributed by atoms with Gasteiger partial charge in [-0.15, -0.1) is 0 Å². The summed E-state index contributed by atoms with van der Waals surface area (Å²) in [7, 11) is 0. The number of carbonyl (C=O) groups excluding carboxylic acids is 2. The van der Waals surface area contributed by atoms with Crippen molar-refractivity contribution in [2.75, 3.05) is 11.5 Å². The van der Waals surface area contributed by atoms with Crippen LogP contribution < -0.4 is 14.4 Å². The molecule has 0 saturated carbocycles. The van der Waals surface area contributed by atoms with Gasteiger partial charge in [0.1, 0.15) is 0 Å². The fraction of sp³-hybridized carbons (Fsp3) is 0.273. The van der Waals surface area contributed by atoms with Crippen molar-refractivity contribution < 1.29 is 19.1 Å². The molecule has 0 unspecified atom stereocenters. The van der Waals surface area contributed by atoms with Gasteiger partial charge in [-0.05, 0) is 96.0 Å². The van der Waals surface area contributed by atoms with Crippen molar-refractivity contribution in [1.29, 1.82) is 0 Å². The first-order valence-electron chi connectivity index (χ1n) is 9.50. The number of hydrogen-bond donors (Lipinski definition) is 0. The Morgan fingerprint density at radius 1 is 1.20 bits per heavy atom. The number of rotatable bonds is 7. The van der Waals surface area contributed by atoms with E-state index in [9.17, 15) is 9.59 Å². The Kier molecular flexibility index (Phi) is 7.50. The molecule has 0 aliphatic carbocycles. The molecule has 5 nitrogen and oxygen atoms in total. The molecular formula is C22H21BrClNO4S. The van der Waals surface area contributed by atoms with Crippen LogP contribution in [0.15, 0.2) is 45.8 Å². The summed E-state index contributed by atoms with van der Waals surface area (Å²) in [4.78, 5) is 26.8. The van der Waals surface area contributed by atoms with Crippen LogP contribution in [0.25, 0.3) is 6.08 Å². The average molecular weight is 511 g/mol. The molecule has 1 fully saturated rings. The van der Waals surface area contributed by atoms with Crippen LogP contribution in [0.4, 0.5) is 10.5 Å². The number of carbonyl (C=O) groups is 2. The molecule has 2 aromatic rings. The van der Waals surface area contributed by atoms with Gasteiger partial charge in [0.2, 0.25) is 0 Å². The second-order valence-corrected chi connectivity index (χ2v) is 8.88. The quantitative estimate of drug-likeness (QED) is 0.378. The number of nitrogens with zero attached hydrogens (tertiary/aromatic N) is 1. The van der Waals surface area contributed by atoms with Crippen molar-refractivity contribution in [2.24, 2.45) is 0 Å². The number of thioether (sulfide) groups is 1. The van der Waals surface area contributed by atoms with Gasteiger partial charge in [-0.25, -0.2) is 4.90 Å². The van der Waals surface area contributed by atoms with Gasteiger partial charge in [-0.1, -0.05) is 18.5 Å². The molecule has 8 heteroatoms. The lowest BCUT2D eigenvalue weighted by Gasteiger charge is -2.18. The molecular weight excluding hydrogens is 490 g/mol. The second-order valence-electron chi connectivity index (χ2n) is 6.59. The number of amides is 2. The van der Waals surface area contributed by atoms with Crippen molar-refractivity contribution in [1.82, 2.24) is 0 Å². The topological polar surface area (TPSA) is 55.8 Å². The van der Waals surface area contributed by atoms with E-state index >= 15 is 0 Å². The minimum absolute atomic E-state index is 0.0298. The summed E-state index contributed by atoms with van der Waals surface area (Å²) < 4.78 is 12.5. The standard InChI is InChI=1S/C22H21BrClNO4S/c1-4-13(3)29-20-17(23)10-14(11-18(20)28-5-2)12-19-21(26)25(22(27)30-19)16-8-6-15(24)7-9-16/h6-13H,4-5H2,1-3H3/b19-12+/t13-/m0/s1. The third kappa shape index (κ3) is 5.02. The van der Waals surface area contributed by atoms with Crippen molar-refractivity contribution in [3.05, 3.63) is 56.4 Å². The van der Waals surface area contributed by atoms with E-state index in [-0.39, 0.29) is 17.3 Å². The zero-order valence-corrected chi connectivity index (χ0v) is 19.9. The molecule has 0 aromatic heterocycles. The van der Waals surface area contributed by atoms with E-state index in [1.54, 1.807) is 30.3 Å². The SMILES string of the molecule is CCOc1cc(/C=C2/SC(=O)N(c3ccc(Cl)cc3)C2=O)cc(Br)c1O[C@@H](C)CC. The molecule has 1 atom stereocenters. The molecule has 0 radical (unpaired) electrons. The predicted octanol–water partition coefficient (Wildman–Crippen LogP) is 6.92. The Labute approximate surface area is 193 Å². The Balaban J connectivity index is 1.93. The average Bonchev–Trinajstić information content (AvgIpc) is 2.98. The second kappa shape index (κ2) is 9.90. The molecule has 1 saturated heterocycles. The van der Waals surface area contributed by atoms with E-state index in [1.807, 2.05) is 32.9 Å². The number of imide groups is 1. The van der Waals surface area contributed by atoms with Crippen LogP contribution in [0, 0.1) is 0 Å². The van der Waals surface area contributed by atoms with Crippen LogP contribution in [0.5, 0.6) is 11.5 Å². The lowest BCUT2D eigenvalue weighted by atomic mass is 10.1. The molecule has 2 aromatic carbocycles. The molecule has 1 heterocycles. The first kappa shape index (κ1) is 22.7. The summed E-state index contributed by atoms with van der Waals surface area (Å²) in [6.07, 6.45) is 2.57. The first-order chi connectivity index (χ1) is 14.3. The molecule has 3 rings (SSSR count). The molecule has 158 valence electrons. The molecule has 1 aliphatic heterocycles. The van der Waals surface area contributed by atoms with Crippen LogP contribution >= 0.6 is 39.3 Å². The van der Waals surface area contributed by atoms with Gasteiger partial charge in [-0.2, -0.15) is 0 Å². The largest absolute Gasteiger partial charge is 0.490 e. The van der Waals surface area contributed by atoms with E-state index in [0.717, 1.165) is 33.1 Å². The van der Waals surface area contributed by atoms with E-state index in [0.29, 0.717) is 33.7 Å². The fourth-order valence-electron chi connectivity index (χ4n) is 2.76. The number of hydrogen-bond acceptors (Lipinski definition) is 5. The zero-order valence-electron chi connectivity index (χ0n) is 16.8. The third-order valence-corrected chi connectivity index (χ3v) is 6.11. The van der Waals surface area contributed by atoms with Crippen molar-refractivity contribution in [3.8, 4) is 11.5 Å². The number of benzene rings is 2. The predicted molar refractivity (Wildman–Crippen MR) is 126 cm³/mol. The van der Waals surface area contributed by atoms with Gasteiger partial charge >= 0.3 is 0 Å². The lowest BCUT2D eigenvalue weighted by molar-refractivity contribution is -0.113. The van der Waals surface area contributed by atoms with Crippen LogP contribution in [-0.4, -0.2) is 23.9 Å². The maximum absolute atomic E-state index is 12.9. The van der Waals surface area contributed by atoms with Crippen molar-refractivity contribution >= 4 is 62.2 Å². The molecule has 1 aliphatic rings.